The number of halogens is 1. The zero-order valence-corrected chi connectivity index (χ0v) is 22.1. The Labute approximate surface area is 222 Å². The van der Waals surface area contributed by atoms with Gasteiger partial charge in [0.1, 0.15) is 0 Å². The molecule has 2 aliphatic rings. The smallest absolute Gasteiger partial charge is 0.216 e. The van der Waals surface area contributed by atoms with Crippen LogP contribution < -0.4 is 10.2 Å². The highest BCUT2D eigenvalue weighted by Gasteiger charge is 2.36. The minimum atomic E-state index is 0. The molecular formula is C31H38ClN3O. The molecule has 36 heavy (non-hydrogen) atoms. The van der Waals surface area contributed by atoms with Crippen molar-refractivity contribution in [2.24, 2.45) is 0 Å². The van der Waals surface area contributed by atoms with Crippen molar-refractivity contribution in [3.8, 4) is 0 Å². The SMILES string of the molecule is CC(=O)NCC1(c2ccccc2)CCN(CCCN2c3ccccc3CCc3ccccc32)CC1.Cl. The van der Waals surface area contributed by atoms with Crippen LogP contribution in [0.3, 0.4) is 0 Å². The molecule has 0 saturated carbocycles. The van der Waals surface area contributed by atoms with Gasteiger partial charge >= 0.3 is 0 Å². The summed E-state index contributed by atoms with van der Waals surface area (Å²) in [7, 11) is 0. The Morgan fingerprint density at radius 2 is 1.36 bits per heavy atom. The number of amides is 1. The molecule has 1 N–H and O–H groups in total. The van der Waals surface area contributed by atoms with Crippen LogP contribution in [0.25, 0.3) is 0 Å². The second-order valence-electron chi connectivity index (χ2n) is 10.2. The molecule has 3 aromatic carbocycles. The van der Waals surface area contributed by atoms with Crippen molar-refractivity contribution in [3.05, 3.63) is 95.6 Å². The number of para-hydroxylation sites is 2. The first-order valence-corrected chi connectivity index (χ1v) is 13.1. The third-order valence-electron chi connectivity index (χ3n) is 7.96. The number of hydrogen-bond donors (Lipinski definition) is 1. The molecule has 0 radical (unpaired) electrons. The first kappa shape index (κ1) is 26.2. The molecule has 0 spiro atoms. The minimum absolute atomic E-state index is 0. The van der Waals surface area contributed by atoms with Crippen LogP contribution in [-0.2, 0) is 23.1 Å². The molecule has 0 unspecified atom stereocenters. The summed E-state index contributed by atoms with van der Waals surface area (Å²) < 4.78 is 0. The average molecular weight is 504 g/mol. The largest absolute Gasteiger partial charge is 0.355 e. The van der Waals surface area contributed by atoms with Crippen molar-refractivity contribution in [2.45, 2.75) is 44.4 Å². The lowest BCUT2D eigenvalue weighted by atomic mass is 9.72. The number of rotatable bonds is 7. The maximum atomic E-state index is 11.7. The first-order chi connectivity index (χ1) is 17.1. The van der Waals surface area contributed by atoms with Crippen LogP contribution in [0.4, 0.5) is 11.4 Å². The van der Waals surface area contributed by atoms with Gasteiger partial charge in [-0.25, -0.2) is 0 Å². The lowest BCUT2D eigenvalue weighted by molar-refractivity contribution is -0.119. The number of likely N-dealkylation sites (tertiary alicyclic amines) is 1. The van der Waals surface area contributed by atoms with E-state index in [9.17, 15) is 4.79 Å². The van der Waals surface area contributed by atoms with E-state index in [0.29, 0.717) is 0 Å². The molecule has 1 amide bonds. The number of carbonyl (C=O) groups excluding carboxylic acids is 1. The number of nitrogens with one attached hydrogen (secondary N) is 1. The van der Waals surface area contributed by atoms with Gasteiger partial charge in [-0.05, 0) is 80.6 Å². The fourth-order valence-corrected chi connectivity index (χ4v) is 5.92. The van der Waals surface area contributed by atoms with Crippen LogP contribution in [0.2, 0.25) is 0 Å². The van der Waals surface area contributed by atoms with Gasteiger partial charge in [-0.1, -0.05) is 66.7 Å². The fourth-order valence-electron chi connectivity index (χ4n) is 5.92. The van der Waals surface area contributed by atoms with E-state index in [2.05, 4.69) is 94.0 Å². The van der Waals surface area contributed by atoms with E-state index in [1.165, 1.54) is 28.1 Å². The molecule has 0 aromatic heterocycles. The van der Waals surface area contributed by atoms with E-state index in [4.69, 9.17) is 0 Å². The summed E-state index contributed by atoms with van der Waals surface area (Å²) in [5.41, 5.74) is 7.03. The molecule has 0 aliphatic carbocycles. The van der Waals surface area contributed by atoms with Crippen molar-refractivity contribution in [2.75, 3.05) is 37.6 Å². The van der Waals surface area contributed by atoms with Crippen LogP contribution in [0.15, 0.2) is 78.9 Å². The molecule has 3 aromatic rings. The van der Waals surface area contributed by atoms with Gasteiger partial charge in [0, 0.05) is 36.8 Å². The number of nitrogens with zero attached hydrogens (tertiary/aromatic N) is 2. The van der Waals surface area contributed by atoms with Crippen molar-refractivity contribution < 1.29 is 4.79 Å². The number of hydrogen-bond acceptors (Lipinski definition) is 3. The lowest BCUT2D eigenvalue weighted by Gasteiger charge is -2.42. The Hall–Kier alpha value is -2.82. The predicted octanol–water partition coefficient (Wildman–Crippen LogP) is 5.91. The standard InChI is InChI=1S/C31H37N3O.ClH/c1-25(35)32-24-31(28-12-3-2-4-13-28)18-22-33(23-19-31)20-9-21-34-29-14-7-5-10-26(29)16-17-27-11-6-8-15-30(27)34;/h2-8,10-15H,9,16-24H2,1H3,(H,32,35);1H. The summed E-state index contributed by atoms with van der Waals surface area (Å²) in [6.45, 7) is 6.61. The van der Waals surface area contributed by atoms with Crippen molar-refractivity contribution in [3.63, 3.8) is 0 Å². The molecule has 1 saturated heterocycles. The number of anilines is 2. The Morgan fingerprint density at radius 1 is 0.806 bits per heavy atom. The molecule has 2 heterocycles. The van der Waals surface area contributed by atoms with Gasteiger partial charge in [-0.2, -0.15) is 0 Å². The van der Waals surface area contributed by atoms with Crippen LogP contribution in [-0.4, -0.2) is 43.5 Å². The van der Waals surface area contributed by atoms with E-state index in [-0.39, 0.29) is 23.7 Å². The van der Waals surface area contributed by atoms with Crippen LogP contribution in [0.1, 0.15) is 42.9 Å². The fraction of sp³-hybridized carbons (Fsp3) is 0.387. The molecule has 0 atom stereocenters. The topological polar surface area (TPSA) is 35.6 Å². The molecule has 5 rings (SSSR count). The average Bonchev–Trinajstić information content (AvgIpc) is 3.06. The van der Waals surface area contributed by atoms with E-state index in [1.807, 2.05) is 0 Å². The Kier molecular flexibility index (Phi) is 8.71. The van der Waals surface area contributed by atoms with Crippen molar-refractivity contribution >= 4 is 29.7 Å². The normalized spacial score (nSPS) is 16.8. The first-order valence-electron chi connectivity index (χ1n) is 13.1. The van der Waals surface area contributed by atoms with E-state index >= 15 is 0 Å². The third kappa shape index (κ3) is 5.77. The van der Waals surface area contributed by atoms with E-state index < -0.39 is 0 Å². The van der Waals surface area contributed by atoms with Gasteiger partial charge in [0.2, 0.25) is 5.91 Å². The molecule has 4 nitrogen and oxygen atoms in total. The summed E-state index contributed by atoms with van der Waals surface area (Å²) >= 11 is 0. The predicted molar refractivity (Wildman–Crippen MR) is 152 cm³/mol. The highest BCUT2D eigenvalue weighted by atomic mass is 35.5. The number of carbonyl (C=O) groups is 1. The summed E-state index contributed by atoms with van der Waals surface area (Å²) in [6.07, 6.45) is 5.49. The maximum absolute atomic E-state index is 11.7. The number of benzene rings is 3. The molecule has 0 bridgehead atoms. The van der Waals surface area contributed by atoms with E-state index in [1.54, 1.807) is 6.92 Å². The van der Waals surface area contributed by atoms with Gasteiger partial charge < -0.3 is 15.1 Å². The highest BCUT2D eigenvalue weighted by Crippen LogP contribution is 2.37. The van der Waals surface area contributed by atoms with Crippen LogP contribution in [0, 0.1) is 0 Å². The zero-order valence-electron chi connectivity index (χ0n) is 21.3. The summed E-state index contributed by atoms with van der Waals surface area (Å²) in [6, 6.07) is 28.6. The second kappa shape index (κ2) is 11.9. The molecule has 5 heteroatoms. The number of aryl methyl sites for hydroxylation is 2. The third-order valence-corrected chi connectivity index (χ3v) is 7.96. The summed E-state index contributed by atoms with van der Waals surface area (Å²) in [4.78, 5) is 16.9. The Bertz CT molecular complexity index is 1090. The molecular weight excluding hydrogens is 466 g/mol. The van der Waals surface area contributed by atoms with Gasteiger partial charge in [0.25, 0.3) is 0 Å². The lowest BCUT2D eigenvalue weighted by Crippen LogP contribution is -2.49. The molecule has 190 valence electrons. The molecule has 2 aliphatic heterocycles. The van der Waals surface area contributed by atoms with Gasteiger partial charge in [0.15, 0.2) is 0 Å². The van der Waals surface area contributed by atoms with E-state index in [0.717, 1.165) is 64.8 Å². The molecule has 1 fully saturated rings. The van der Waals surface area contributed by atoms with Gasteiger partial charge in [-0.3, -0.25) is 4.79 Å². The summed E-state index contributed by atoms with van der Waals surface area (Å²) in [5, 5.41) is 3.12. The Morgan fingerprint density at radius 3 is 1.94 bits per heavy atom. The van der Waals surface area contributed by atoms with Crippen molar-refractivity contribution in [1.29, 1.82) is 0 Å². The highest BCUT2D eigenvalue weighted by molar-refractivity contribution is 5.85. The number of fused-ring (bicyclic) bond motifs is 2. The number of piperidine rings is 1. The summed E-state index contributed by atoms with van der Waals surface area (Å²) in [5.74, 6) is 0.0562. The maximum Gasteiger partial charge on any atom is 0.216 e. The monoisotopic (exact) mass is 503 g/mol. The zero-order chi connectivity index (χ0) is 24.1. The van der Waals surface area contributed by atoms with Crippen molar-refractivity contribution in [1.82, 2.24) is 10.2 Å². The quantitative estimate of drug-likeness (QED) is 0.435. The van der Waals surface area contributed by atoms with Gasteiger partial charge in [0.05, 0.1) is 0 Å². The van der Waals surface area contributed by atoms with Crippen LogP contribution >= 0.6 is 12.4 Å². The van der Waals surface area contributed by atoms with Gasteiger partial charge in [-0.15, -0.1) is 12.4 Å². The van der Waals surface area contributed by atoms with Crippen LogP contribution in [0.5, 0.6) is 0 Å². The Balaban J connectivity index is 0.00000304. The minimum Gasteiger partial charge on any atom is -0.355 e. The second-order valence-corrected chi connectivity index (χ2v) is 10.2.